The van der Waals surface area contributed by atoms with Crippen LogP contribution in [0.2, 0.25) is 0 Å². The molecule has 2 rings (SSSR count). The van der Waals surface area contributed by atoms with E-state index in [0.717, 1.165) is 21.0 Å². The van der Waals surface area contributed by atoms with Gasteiger partial charge in [-0.3, -0.25) is 9.10 Å². The lowest BCUT2D eigenvalue weighted by Gasteiger charge is -2.26. The van der Waals surface area contributed by atoms with Crippen molar-refractivity contribution >= 4 is 21.6 Å². The van der Waals surface area contributed by atoms with Gasteiger partial charge in [0, 0.05) is 20.3 Å². The number of anilines is 1. The number of hydrogen-bond acceptors (Lipinski definition) is 5. The first-order chi connectivity index (χ1) is 14.2. The van der Waals surface area contributed by atoms with Gasteiger partial charge in [0.15, 0.2) is 0 Å². The summed E-state index contributed by atoms with van der Waals surface area (Å²) in [6.45, 7) is 6.16. The number of hydrogen-bond donors (Lipinski definition) is 1. The molecule has 0 heterocycles. The van der Waals surface area contributed by atoms with E-state index in [2.05, 4.69) is 5.32 Å². The predicted molar refractivity (Wildman–Crippen MR) is 118 cm³/mol. The first-order valence-electron chi connectivity index (χ1n) is 9.70. The molecule has 1 N–H and O–H groups in total. The van der Waals surface area contributed by atoms with E-state index >= 15 is 0 Å². The van der Waals surface area contributed by atoms with Gasteiger partial charge < -0.3 is 14.8 Å². The number of amides is 1. The Labute approximate surface area is 179 Å². The van der Waals surface area contributed by atoms with Crippen molar-refractivity contribution in [3.05, 3.63) is 53.1 Å². The molecule has 0 saturated carbocycles. The third-order valence-electron chi connectivity index (χ3n) is 4.52. The number of carbonyl (C=O) groups excluding carboxylic acids is 1. The van der Waals surface area contributed by atoms with Crippen molar-refractivity contribution < 1.29 is 22.7 Å². The fraction of sp³-hybridized carbons (Fsp3) is 0.409. The maximum atomic E-state index is 13.6. The topological polar surface area (TPSA) is 84.9 Å². The molecular formula is C22H30N2O5S. The number of benzene rings is 2. The largest absolute Gasteiger partial charge is 0.495 e. The van der Waals surface area contributed by atoms with E-state index in [9.17, 15) is 13.2 Å². The van der Waals surface area contributed by atoms with Gasteiger partial charge >= 0.3 is 0 Å². The first-order valence-corrected chi connectivity index (χ1v) is 11.1. The van der Waals surface area contributed by atoms with Crippen LogP contribution in [0, 0.1) is 20.8 Å². The fourth-order valence-electron chi connectivity index (χ4n) is 3.14. The number of ether oxygens (including phenoxy) is 2. The number of sulfonamides is 1. The van der Waals surface area contributed by atoms with Gasteiger partial charge in [-0.1, -0.05) is 12.1 Å². The summed E-state index contributed by atoms with van der Waals surface area (Å²) in [7, 11) is -1.05. The normalized spacial score (nSPS) is 11.2. The van der Waals surface area contributed by atoms with Gasteiger partial charge in [0.05, 0.1) is 12.8 Å². The lowest BCUT2D eigenvalue weighted by molar-refractivity contribution is -0.119. The lowest BCUT2D eigenvalue weighted by atomic mass is 10.1. The van der Waals surface area contributed by atoms with E-state index in [1.54, 1.807) is 37.4 Å². The predicted octanol–water partition coefficient (Wildman–Crippen LogP) is 2.97. The Morgan fingerprint density at radius 3 is 2.27 bits per heavy atom. The Hall–Kier alpha value is -2.58. The summed E-state index contributed by atoms with van der Waals surface area (Å²) in [5.41, 5.74) is 3.02. The van der Waals surface area contributed by atoms with Crippen molar-refractivity contribution in [1.82, 2.24) is 5.32 Å². The van der Waals surface area contributed by atoms with Gasteiger partial charge in [0.1, 0.15) is 17.2 Å². The third-order valence-corrected chi connectivity index (χ3v) is 6.31. The smallest absolute Gasteiger partial charge is 0.268 e. The summed E-state index contributed by atoms with van der Waals surface area (Å²) in [4.78, 5) is 12.6. The fourth-order valence-corrected chi connectivity index (χ4v) is 4.79. The Morgan fingerprint density at radius 1 is 1.00 bits per heavy atom. The van der Waals surface area contributed by atoms with E-state index in [1.165, 1.54) is 7.11 Å². The molecule has 2 aromatic rings. The molecule has 7 nitrogen and oxygen atoms in total. The minimum atomic E-state index is -4.06. The summed E-state index contributed by atoms with van der Waals surface area (Å²) in [6.07, 6.45) is 0.643. The van der Waals surface area contributed by atoms with Gasteiger partial charge in [0.25, 0.3) is 10.0 Å². The van der Waals surface area contributed by atoms with Crippen LogP contribution in [0.15, 0.2) is 41.3 Å². The molecule has 0 bridgehead atoms. The summed E-state index contributed by atoms with van der Waals surface area (Å²) in [5.74, 6) is -0.157. The second-order valence-electron chi connectivity index (χ2n) is 7.21. The molecule has 0 fully saturated rings. The lowest BCUT2D eigenvalue weighted by Crippen LogP contribution is -2.41. The van der Waals surface area contributed by atoms with Crippen LogP contribution in [0.5, 0.6) is 5.75 Å². The van der Waals surface area contributed by atoms with E-state index in [0.29, 0.717) is 25.3 Å². The van der Waals surface area contributed by atoms with Gasteiger partial charge in [-0.05, 0) is 68.1 Å². The summed E-state index contributed by atoms with van der Waals surface area (Å²) in [6, 6.07) is 10.4. The van der Waals surface area contributed by atoms with E-state index < -0.39 is 10.0 Å². The van der Waals surface area contributed by atoms with Crippen LogP contribution in [0.1, 0.15) is 23.1 Å². The van der Waals surface area contributed by atoms with Crippen LogP contribution in [0.4, 0.5) is 5.69 Å². The molecule has 0 spiro atoms. The first kappa shape index (κ1) is 23.7. The number of methoxy groups -OCH3 is 2. The molecule has 8 heteroatoms. The highest BCUT2D eigenvalue weighted by atomic mass is 32.2. The summed E-state index contributed by atoms with van der Waals surface area (Å²) >= 11 is 0. The molecule has 0 unspecified atom stereocenters. The maximum absolute atomic E-state index is 13.6. The number of aryl methyl sites for hydroxylation is 3. The van der Waals surface area contributed by atoms with Crippen LogP contribution in [-0.4, -0.2) is 48.2 Å². The van der Waals surface area contributed by atoms with Gasteiger partial charge in [-0.2, -0.15) is 0 Å². The van der Waals surface area contributed by atoms with Crippen LogP contribution < -0.4 is 14.4 Å². The minimum absolute atomic E-state index is 0.0244. The van der Waals surface area contributed by atoms with E-state index in [4.69, 9.17) is 9.47 Å². The Morgan fingerprint density at radius 2 is 1.67 bits per heavy atom. The number of rotatable bonds is 10. The molecule has 2 aromatic carbocycles. The van der Waals surface area contributed by atoms with Gasteiger partial charge in [-0.25, -0.2) is 8.42 Å². The Kier molecular flexibility index (Phi) is 8.25. The van der Waals surface area contributed by atoms with Crippen molar-refractivity contribution in [3.63, 3.8) is 0 Å². The Bertz CT molecular complexity index is 969. The monoisotopic (exact) mass is 434 g/mol. The molecule has 164 valence electrons. The number of nitrogens with one attached hydrogen (secondary N) is 1. The number of nitrogens with zero attached hydrogens (tertiary/aromatic N) is 1. The third kappa shape index (κ3) is 5.96. The second-order valence-corrected chi connectivity index (χ2v) is 9.04. The average molecular weight is 435 g/mol. The SMILES string of the molecule is COCCCNC(=O)CN(c1cc(C)cc(C)c1)S(=O)(=O)c1cc(C)ccc1OC. The van der Waals surface area contributed by atoms with Crippen LogP contribution in [0.3, 0.4) is 0 Å². The molecule has 1 amide bonds. The van der Waals surface area contributed by atoms with Crippen LogP contribution >= 0.6 is 0 Å². The van der Waals surface area contributed by atoms with Crippen molar-refractivity contribution in [2.75, 3.05) is 38.2 Å². The molecule has 0 aliphatic rings. The van der Waals surface area contributed by atoms with Gasteiger partial charge in [0.2, 0.25) is 5.91 Å². The molecule has 0 aromatic heterocycles. The molecule has 0 aliphatic heterocycles. The van der Waals surface area contributed by atoms with E-state index in [1.807, 2.05) is 26.8 Å². The highest BCUT2D eigenvalue weighted by Gasteiger charge is 2.30. The molecule has 0 atom stereocenters. The zero-order chi connectivity index (χ0) is 22.3. The molecular weight excluding hydrogens is 404 g/mol. The van der Waals surface area contributed by atoms with Crippen molar-refractivity contribution in [1.29, 1.82) is 0 Å². The Balaban J connectivity index is 2.47. The van der Waals surface area contributed by atoms with E-state index in [-0.39, 0.29) is 23.1 Å². The van der Waals surface area contributed by atoms with Gasteiger partial charge in [-0.15, -0.1) is 0 Å². The molecule has 0 saturated heterocycles. The zero-order valence-corrected chi connectivity index (χ0v) is 19.0. The standard InChI is InChI=1S/C22H30N2O5S/c1-16-7-8-20(29-5)21(14-16)30(26,27)24(15-22(25)23-9-6-10-28-4)19-12-17(2)11-18(3)13-19/h7-8,11-14H,6,9-10,15H2,1-5H3,(H,23,25). The minimum Gasteiger partial charge on any atom is -0.495 e. The number of carbonyl (C=O) groups is 1. The quantitative estimate of drug-likeness (QED) is 0.581. The summed E-state index contributed by atoms with van der Waals surface area (Å²) in [5, 5.41) is 2.75. The van der Waals surface area contributed by atoms with Crippen LogP contribution in [0.25, 0.3) is 0 Å². The van der Waals surface area contributed by atoms with Crippen LogP contribution in [-0.2, 0) is 19.6 Å². The summed E-state index contributed by atoms with van der Waals surface area (Å²) < 4.78 is 38.7. The maximum Gasteiger partial charge on any atom is 0.268 e. The van der Waals surface area contributed by atoms with Crippen molar-refractivity contribution in [2.24, 2.45) is 0 Å². The second kappa shape index (κ2) is 10.4. The average Bonchev–Trinajstić information content (AvgIpc) is 2.68. The highest BCUT2D eigenvalue weighted by molar-refractivity contribution is 7.93. The zero-order valence-electron chi connectivity index (χ0n) is 18.2. The highest BCUT2D eigenvalue weighted by Crippen LogP contribution is 2.31. The van der Waals surface area contributed by atoms with Crippen molar-refractivity contribution in [2.45, 2.75) is 32.1 Å². The molecule has 30 heavy (non-hydrogen) atoms. The molecule has 0 radical (unpaired) electrons. The van der Waals surface area contributed by atoms with Crippen molar-refractivity contribution in [3.8, 4) is 5.75 Å². The molecule has 0 aliphatic carbocycles.